The number of carbonyl (C=O) groups excluding carboxylic acids is 1. The lowest BCUT2D eigenvalue weighted by Crippen LogP contribution is -2.90. The van der Waals surface area contributed by atoms with Crippen molar-refractivity contribution in [3.63, 3.8) is 0 Å². The topological polar surface area (TPSA) is 154 Å². The number of amides is 1. The fourth-order valence-electron chi connectivity index (χ4n) is 5.03. The first kappa shape index (κ1) is 28.7. The number of hydrogen-bond acceptors (Lipinski definition) is 9. The van der Waals surface area contributed by atoms with Gasteiger partial charge in [0.25, 0.3) is 0 Å². The first-order valence-corrected chi connectivity index (χ1v) is 14.9. The number of benzene rings is 3. The number of rotatable bonds is 14. The second-order valence-corrected chi connectivity index (χ2v) is 11.5. The van der Waals surface area contributed by atoms with Crippen molar-refractivity contribution in [2.45, 2.75) is 31.9 Å². The van der Waals surface area contributed by atoms with E-state index in [1.165, 1.54) is 31.9 Å². The lowest BCUT2D eigenvalue weighted by Gasteiger charge is -2.25. The third kappa shape index (κ3) is 7.16. The van der Waals surface area contributed by atoms with Crippen molar-refractivity contribution in [1.82, 2.24) is 15.3 Å². The van der Waals surface area contributed by atoms with Gasteiger partial charge in [0.15, 0.2) is 5.82 Å². The molecular weight excluding hydrogens is 542 g/mol. The quantitative estimate of drug-likeness (QED) is 0.0866. The minimum absolute atomic E-state index is 0.000732. The molecule has 0 saturated heterocycles. The molecule has 1 amide bonds. The van der Waals surface area contributed by atoms with Crippen LogP contribution in [0.5, 0.6) is 5.75 Å². The highest BCUT2D eigenvalue weighted by molar-refractivity contribution is 5.96. The number of ether oxygens (including phenoxy) is 1. The first-order chi connectivity index (χ1) is 21.0. The summed E-state index contributed by atoms with van der Waals surface area (Å²) in [6.45, 7) is 1.72. The summed E-state index contributed by atoms with van der Waals surface area (Å²) in [5.41, 5.74) is 9.25. The molecule has 1 atom stereocenters. The molecule has 3 aromatic carbocycles. The lowest BCUT2D eigenvalue weighted by atomic mass is 10.1. The largest absolute Gasteiger partial charge is 0.489 e. The van der Waals surface area contributed by atoms with E-state index in [2.05, 4.69) is 5.32 Å². The highest BCUT2D eigenvalue weighted by Crippen LogP contribution is 2.36. The van der Waals surface area contributed by atoms with Crippen molar-refractivity contribution in [1.29, 1.82) is 5.41 Å². The summed E-state index contributed by atoms with van der Waals surface area (Å²) in [5.74, 6) is 2.80. The highest BCUT2D eigenvalue weighted by atomic mass is 16.5. The Morgan fingerprint density at radius 2 is 1.86 bits per heavy atom. The second-order valence-electron chi connectivity index (χ2n) is 11.5. The minimum Gasteiger partial charge on any atom is -0.489 e. The van der Waals surface area contributed by atoms with Crippen LogP contribution in [0.2, 0.25) is 0 Å². The predicted octanol–water partition coefficient (Wildman–Crippen LogP) is 3.21. The molecule has 10 nitrogen and oxygen atoms in total. The zero-order valence-electron chi connectivity index (χ0n) is 24.1. The minimum atomic E-state index is -0.788. The van der Waals surface area contributed by atoms with Gasteiger partial charge in [-0.25, -0.2) is 14.8 Å². The summed E-state index contributed by atoms with van der Waals surface area (Å²) in [4.78, 5) is 25.1. The van der Waals surface area contributed by atoms with E-state index in [-0.39, 0.29) is 19.1 Å². The van der Waals surface area contributed by atoms with Gasteiger partial charge in [-0.2, -0.15) is 0 Å². The Labute approximate surface area is 250 Å². The SMILES string of the molecule is N=Cc1cc(N(CC(=O)[NH2+]CC2CC2)c2nc(-c3ccccc3OCC(O)NCC3CC3)nc3ccccc23)ccc1N. The molecule has 2 aliphatic carbocycles. The predicted molar refractivity (Wildman–Crippen MR) is 167 cm³/mol. The van der Waals surface area contributed by atoms with Gasteiger partial charge in [-0.1, -0.05) is 24.3 Å². The van der Waals surface area contributed by atoms with Crippen molar-refractivity contribution < 1.29 is 20.0 Å². The van der Waals surface area contributed by atoms with Crippen LogP contribution in [0, 0.1) is 17.2 Å². The number of aromatic nitrogens is 2. The van der Waals surface area contributed by atoms with Crippen molar-refractivity contribution in [3.05, 3.63) is 72.3 Å². The summed E-state index contributed by atoms with van der Waals surface area (Å²) < 4.78 is 6.07. The first-order valence-electron chi connectivity index (χ1n) is 14.9. The second kappa shape index (κ2) is 12.9. The molecule has 1 heterocycles. The molecule has 1 unspecified atom stereocenters. The molecule has 43 heavy (non-hydrogen) atoms. The molecule has 4 aromatic rings. The van der Waals surface area contributed by atoms with Crippen LogP contribution >= 0.6 is 0 Å². The molecule has 2 saturated carbocycles. The number of nitrogen functional groups attached to an aromatic ring is 1. The number of anilines is 3. The third-order valence-electron chi connectivity index (χ3n) is 7.93. The fourth-order valence-corrected chi connectivity index (χ4v) is 5.03. The highest BCUT2D eigenvalue weighted by Gasteiger charge is 2.27. The number of quaternary nitrogens is 1. The number of aliphatic hydroxyl groups excluding tert-OH is 1. The maximum atomic E-state index is 13.3. The van der Waals surface area contributed by atoms with Gasteiger partial charge in [0, 0.05) is 41.0 Å². The summed E-state index contributed by atoms with van der Waals surface area (Å²) in [7, 11) is 0. The van der Waals surface area contributed by atoms with E-state index in [1.54, 1.807) is 17.4 Å². The smallest absolute Gasteiger partial charge is 0.330 e. The Balaban J connectivity index is 1.38. The number of fused-ring (bicyclic) bond motifs is 1. The maximum absolute atomic E-state index is 13.3. The Kier molecular flexibility index (Phi) is 8.59. The summed E-state index contributed by atoms with van der Waals surface area (Å²) in [6.07, 6.45) is 5.16. The van der Waals surface area contributed by atoms with E-state index in [9.17, 15) is 9.90 Å². The van der Waals surface area contributed by atoms with Crippen molar-refractivity contribution >= 4 is 40.2 Å². The standard InChI is InChI=1S/C33H37N7O3/c34-16-23-15-24(13-14-27(23)35)40(19-30(41)36-17-21-9-10-21)33-25-5-1-3-7-28(25)38-32(39-33)26-6-2-4-8-29(26)43-20-31(42)37-18-22-11-12-22/h1-8,13-16,21-22,31,34,37,42H,9-12,17-20,35H2,(H,36,41)/p+1. The van der Waals surface area contributed by atoms with Crippen LogP contribution in [0.1, 0.15) is 31.2 Å². The molecule has 2 aliphatic rings. The van der Waals surface area contributed by atoms with Crippen LogP contribution in [0.25, 0.3) is 22.3 Å². The van der Waals surface area contributed by atoms with Crippen LogP contribution in [0.15, 0.2) is 66.7 Å². The van der Waals surface area contributed by atoms with Crippen LogP contribution in [0.3, 0.4) is 0 Å². The van der Waals surface area contributed by atoms with Gasteiger partial charge in [-0.3, -0.25) is 10.6 Å². The Morgan fingerprint density at radius 1 is 1.09 bits per heavy atom. The van der Waals surface area contributed by atoms with Gasteiger partial charge >= 0.3 is 5.91 Å². The average Bonchev–Trinajstić information content (AvgIpc) is 3.96. The molecule has 222 valence electrons. The molecule has 0 spiro atoms. The number of hydrogen-bond donors (Lipinski definition) is 5. The van der Waals surface area contributed by atoms with Crippen LogP contribution < -0.4 is 26.0 Å². The number of nitrogens with zero attached hydrogens (tertiary/aromatic N) is 3. The molecule has 7 N–H and O–H groups in total. The van der Waals surface area contributed by atoms with Gasteiger partial charge in [-0.15, -0.1) is 0 Å². The number of aliphatic hydroxyl groups is 1. The zero-order chi connectivity index (χ0) is 29.8. The normalized spacial score (nSPS) is 15.3. The third-order valence-corrected chi connectivity index (χ3v) is 7.93. The van der Waals surface area contributed by atoms with Crippen molar-refractivity contribution in [2.75, 3.05) is 36.9 Å². The van der Waals surface area contributed by atoms with E-state index in [4.69, 9.17) is 25.8 Å². The summed E-state index contributed by atoms with van der Waals surface area (Å²) in [5, 5.41) is 24.0. The zero-order valence-corrected chi connectivity index (χ0v) is 24.1. The monoisotopic (exact) mass is 580 g/mol. The van der Waals surface area contributed by atoms with E-state index >= 15 is 0 Å². The molecule has 6 rings (SSSR count). The molecule has 0 bridgehead atoms. The van der Waals surface area contributed by atoms with E-state index in [0.29, 0.717) is 57.2 Å². The van der Waals surface area contributed by atoms with Gasteiger partial charge in [0.05, 0.1) is 17.6 Å². The Hall–Kier alpha value is -4.38. The number of nitrogens with two attached hydrogens (primary N) is 2. The number of nitrogens with one attached hydrogen (secondary N) is 2. The number of primary amides is 1. The van der Waals surface area contributed by atoms with Crippen LogP contribution in [0.4, 0.5) is 17.2 Å². The fraction of sp³-hybridized carbons (Fsp3) is 0.333. The van der Waals surface area contributed by atoms with Gasteiger partial charge in [-0.05, 0) is 74.1 Å². The molecule has 0 radical (unpaired) electrons. The molecular formula is C33H38N7O3+. The molecule has 2 fully saturated rings. The van der Waals surface area contributed by atoms with Gasteiger partial charge < -0.3 is 25.9 Å². The summed E-state index contributed by atoms with van der Waals surface area (Å²) in [6, 6.07) is 20.6. The van der Waals surface area contributed by atoms with Crippen molar-refractivity contribution in [3.8, 4) is 17.1 Å². The van der Waals surface area contributed by atoms with Gasteiger partial charge in [0.1, 0.15) is 30.9 Å². The Bertz CT molecular complexity index is 1620. The number of para-hydroxylation sites is 2. The molecule has 1 aromatic heterocycles. The number of carbonyl (C=O) groups is 1. The van der Waals surface area contributed by atoms with E-state index in [0.717, 1.165) is 18.5 Å². The lowest BCUT2D eigenvalue weighted by molar-refractivity contribution is -0.570. The van der Waals surface area contributed by atoms with E-state index < -0.39 is 6.23 Å². The average molecular weight is 581 g/mol. The Morgan fingerprint density at radius 3 is 2.65 bits per heavy atom. The van der Waals surface area contributed by atoms with Crippen LogP contribution in [-0.2, 0) is 4.79 Å². The molecule has 10 heteroatoms. The maximum Gasteiger partial charge on any atom is 0.330 e. The van der Waals surface area contributed by atoms with Crippen LogP contribution in [-0.4, -0.2) is 59.7 Å². The van der Waals surface area contributed by atoms with Gasteiger partial charge in [0.2, 0.25) is 0 Å². The van der Waals surface area contributed by atoms with E-state index in [1.807, 2.05) is 59.5 Å². The van der Waals surface area contributed by atoms with Crippen molar-refractivity contribution in [2.24, 2.45) is 11.8 Å². The molecule has 0 aliphatic heterocycles. The summed E-state index contributed by atoms with van der Waals surface area (Å²) >= 11 is 0.